The third-order valence-corrected chi connectivity index (χ3v) is 4.60. The fraction of sp³-hybridized carbons (Fsp3) is 0.278. The molecule has 1 unspecified atom stereocenters. The van der Waals surface area contributed by atoms with Crippen LogP contribution in [0.15, 0.2) is 30.3 Å². The van der Waals surface area contributed by atoms with Crippen molar-refractivity contribution in [2.75, 3.05) is 0 Å². The molecule has 2 rings (SSSR count). The first-order valence-corrected chi connectivity index (χ1v) is 9.48. The summed E-state index contributed by atoms with van der Waals surface area (Å²) >= 11 is 0. The van der Waals surface area contributed by atoms with Crippen molar-refractivity contribution in [3.63, 3.8) is 0 Å². The fourth-order valence-corrected chi connectivity index (χ4v) is 3.15. The predicted octanol–water partition coefficient (Wildman–Crippen LogP) is 5.00. The quantitative estimate of drug-likeness (QED) is 0.207. The minimum atomic E-state index is -2.56. The number of hydrogen-bond acceptors (Lipinski definition) is 5. The van der Waals surface area contributed by atoms with E-state index in [9.17, 15) is 26.7 Å². The Hall–Kier alpha value is -2.45. The summed E-state index contributed by atoms with van der Waals surface area (Å²) in [5, 5.41) is 2.50. The van der Waals surface area contributed by atoms with Crippen LogP contribution in [0.3, 0.4) is 0 Å². The van der Waals surface area contributed by atoms with Gasteiger partial charge in [0.2, 0.25) is 34.8 Å². The molecule has 0 saturated carbocycles. The second-order valence-electron chi connectivity index (χ2n) is 5.99. The van der Waals surface area contributed by atoms with Gasteiger partial charge in [0.1, 0.15) is 11.8 Å². The van der Waals surface area contributed by atoms with Crippen molar-refractivity contribution in [2.24, 2.45) is 0 Å². The van der Waals surface area contributed by atoms with E-state index in [4.69, 9.17) is 13.8 Å². The van der Waals surface area contributed by atoms with E-state index in [1.165, 1.54) is 19.1 Å². The number of ether oxygens (including phenoxy) is 1. The van der Waals surface area contributed by atoms with Crippen LogP contribution >= 0.6 is 8.53 Å². The molecule has 0 aromatic heterocycles. The van der Waals surface area contributed by atoms with Gasteiger partial charge < -0.3 is 13.8 Å². The average molecular weight is 437 g/mol. The van der Waals surface area contributed by atoms with Gasteiger partial charge in [0, 0.05) is 0 Å². The van der Waals surface area contributed by atoms with Crippen molar-refractivity contribution in [3.8, 4) is 11.5 Å². The van der Waals surface area contributed by atoms with Gasteiger partial charge in [-0.3, -0.25) is 4.79 Å². The summed E-state index contributed by atoms with van der Waals surface area (Å²) in [5.74, 6) is -13.1. The number of esters is 1. The van der Waals surface area contributed by atoms with Crippen molar-refractivity contribution in [1.29, 1.82) is 0 Å². The Morgan fingerprint density at radius 1 is 0.862 bits per heavy atom. The van der Waals surface area contributed by atoms with Crippen LogP contribution in [-0.2, 0) is 9.53 Å². The maximum atomic E-state index is 14.0. The number of carbonyl (C=O) groups is 1. The van der Waals surface area contributed by atoms with E-state index in [1.54, 1.807) is 32.0 Å². The monoisotopic (exact) mass is 437 g/mol. The fourth-order valence-electron chi connectivity index (χ4n) is 1.94. The minimum absolute atomic E-state index is 0.166. The lowest BCUT2D eigenvalue weighted by Gasteiger charge is -2.23. The molecule has 0 spiro atoms. The molecule has 0 bridgehead atoms. The smallest absolute Gasteiger partial charge is 0.382 e. The lowest BCUT2D eigenvalue weighted by atomic mass is 10.3. The Bertz CT molecular complexity index is 840. The van der Waals surface area contributed by atoms with E-state index in [0.29, 0.717) is 0 Å². The number of halogens is 5. The molecule has 0 heterocycles. The number of rotatable bonds is 8. The summed E-state index contributed by atoms with van der Waals surface area (Å²) < 4.78 is 83.4. The summed E-state index contributed by atoms with van der Waals surface area (Å²) in [6.45, 7) is 4.58. The van der Waals surface area contributed by atoms with Crippen LogP contribution < -0.4 is 14.1 Å². The van der Waals surface area contributed by atoms with E-state index >= 15 is 0 Å². The van der Waals surface area contributed by atoms with Crippen LogP contribution in [-0.4, -0.2) is 18.1 Å². The Kier molecular flexibility index (Phi) is 7.75. The molecule has 5 nitrogen and oxygen atoms in total. The Balaban J connectivity index is 2.32. The first-order chi connectivity index (χ1) is 13.6. The van der Waals surface area contributed by atoms with E-state index in [0.717, 1.165) is 0 Å². The van der Waals surface area contributed by atoms with Gasteiger partial charge in [-0.25, -0.2) is 18.3 Å². The van der Waals surface area contributed by atoms with Crippen LogP contribution in [0.4, 0.5) is 22.0 Å². The maximum Gasteiger partial charge on any atom is 0.382 e. The average Bonchev–Trinajstić information content (AvgIpc) is 2.68. The Labute approximate surface area is 164 Å². The van der Waals surface area contributed by atoms with Crippen LogP contribution in [0.2, 0.25) is 0 Å². The molecular formula is C18H17F5NO4P. The summed E-state index contributed by atoms with van der Waals surface area (Å²) in [4.78, 5) is 12.0. The van der Waals surface area contributed by atoms with Gasteiger partial charge in [0.25, 0.3) is 0 Å². The highest BCUT2D eigenvalue weighted by molar-refractivity contribution is 7.45. The van der Waals surface area contributed by atoms with Crippen LogP contribution in [0.1, 0.15) is 20.8 Å². The van der Waals surface area contributed by atoms with E-state index < -0.39 is 61.5 Å². The van der Waals surface area contributed by atoms with Gasteiger partial charge in [-0.05, 0) is 32.9 Å². The van der Waals surface area contributed by atoms with Gasteiger partial charge >= 0.3 is 14.5 Å². The topological polar surface area (TPSA) is 56.8 Å². The first-order valence-electron chi connectivity index (χ1n) is 8.31. The summed E-state index contributed by atoms with van der Waals surface area (Å²) in [6, 6.07) is 6.69. The third-order valence-electron chi connectivity index (χ3n) is 3.28. The molecule has 2 atom stereocenters. The number of hydrogen-bond donors (Lipinski definition) is 1. The van der Waals surface area contributed by atoms with Crippen LogP contribution in [0.5, 0.6) is 11.5 Å². The molecule has 0 fully saturated rings. The minimum Gasteiger partial charge on any atom is -0.462 e. The lowest BCUT2D eigenvalue weighted by Crippen LogP contribution is -2.35. The summed E-state index contributed by atoms with van der Waals surface area (Å²) in [6.07, 6.45) is -0.441. The number of para-hydroxylation sites is 1. The summed E-state index contributed by atoms with van der Waals surface area (Å²) in [7, 11) is -2.56. The van der Waals surface area contributed by atoms with E-state index in [1.807, 2.05) is 0 Å². The number of nitrogens with one attached hydrogen (secondary N) is 1. The molecule has 0 aliphatic rings. The lowest BCUT2D eigenvalue weighted by molar-refractivity contribution is -0.149. The highest BCUT2D eigenvalue weighted by Gasteiger charge is 2.32. The van der Waals surface area contributed by atoms with Gasteiger partial charge in [-0.1, -0.05) is 18.2 Å². The van der Waals surface area contributed by atoms with Gasteiger partial charge in [-0.15, -0.1) is 0 Å². The van der Waals surface area contributed by atoms with E-state index in [2.05, 4.69) is 5.09 Å². The molecular weight excluding hydrogens is 420 g/mol. The Morgan fingerprint density at radius 3 is 1.90 bits per heavy atom. The number of benzene rings is 2. The van der Waals surface area contributed by atoms with Crippen molar-refractivity contribution in [3.05, 3.63) is 59.4 Å². The molecule has 0 radical (unpaired) electrons. The van der Waals surface area contributed by atoms with Gasteiger partial charge in [-0.2, -0.15) is 8.78 Å². The largest absolute Gasteiger partial charge is 0.462 e. The SMILES string of the molecule is CC(C)OC(=O)[C@@H](C)NP(Oc1ccccc1)Oc1c(F)c(F)c(F)c(F)c1F. The second kappa shape index (κ2) is 9.84. The van der Waals surface area contributed by atoms with Gasteiger partial charge in [0.15, 0.2) is 0 Å². The van der Waals surface area contributed by atoms with Crippen LogP contribution in [0, 0.1) is 29.1 Å². The molecule has 158 valence electrons. The third kappa shape index (κ3) is 5.77. The number of carbonyl (C=O) groups excluding carboxylic acids is 1. The molecule has 2 aromatic carbocycles. The zero-order valence-corrected chi connectivity index (χ0v) is 16.4. The molecule has 0 aliphatic carbocycles. The first kappa shape index (κ1) is 22.8. The summed E-state index contributed by atoms with van der Waals surface area (Å²) in [5.41, 5.74) is 0. The van der Waals surface area contributed by atoms with Crippen LogP contribution in [0.25, 0.3) is 0 Å². The normalized spacial score (nSPS) is 13.1. The van der Waals surface area contributed by atoms with E-state index in [-0.39, 0.29) is 5.75 Å². The highest BCUT2D eigenvalue weighted by atomic mass is 31.2. The molecule has 0 saturated heterocycles. The molecule has 0 amide bonds. The van der Waals surface area contributed by atoms with Crippen molar-refractivity contribution < 1.29 is 40.5 Å². The van der Waals surface area contributed by atoms with Crippen molar-refractivity contribution in [2.45, 2.75) is 32.9 Å². The molecule has 0 aliphatic heterocycles. The zero-order valence-electron chi connectivity index (χ0n) is 15.5. The van der Waals surface area contributed by atoms with Gasteiger partial charge in [0.05, 0.1) is 6.10 Å². The standard InChI is InChI=1S/C18H17F5NO4P/c1-9(2)26-18(25)10(3)24-29(27-11-7-5-4-6-8-11)28-17-15(22)13(20)12(19)14(21)16(17)23/h4-10,24H,1-3H3/t10-,29?/m1/s1. The van der Waals surface area contributed by atoms with Crippen molar-refractivity contribution >= 4 is 14.5 Å². The predicted molar refractivity (Wildman–Crippen MR) is 94.7 cm³/mol. The maximum absolute atomic E-state index is 14.0. The molecule has 2 aromatic rings. The molecule has 1 N–H and O–H groups in total. The second-order valence-corrected chi connectivity index (χ2v) is 7.13. The van der Waals surface area contributed by atoms with Crippen molar-refractivity contribution in [1.82, 2.24) is 5.09 Å². The molecule has 29 heavy (non-hydrogen) atoms. The highest BCUT2D eigenvalue weighted by Crippen LogP contribution is 2.41. The Morgan fingerprint density at radius 2 is 1.38 bits per heavy atom. The molecule has 11 heteroatoms. The zero-order chi connectivity index (χ0) is 21.7.